The fourth-order valence-corrected chi connectivity index (χ4v) is 2.56. The maximum absolute atomic E-state index is 10.4. The quantitative estimate of drug-likeness (QED) is 0.834. The van der Waals surface area contributed by atoms with Crippen molar-refractivity contribution < 1.29 is 5.11 Å². The second-order valence-corrected chi connectivity index (χ2v) is 5.95. The summed E-state index contributed by atoms with van der Waals surface area (Å²) in [6.07, 6.45) is 2.24. The van der Waals surface area contributed by atoms with Crippen molar-refractivity contribution in [3.8, 4) is 0 Å². The molecule has 0 saturated heterocycles. The molecule has 0 bridgehead atoms. The van der Waals surface area contributed by atoms with E-state index in [0.717, 1.165) is 18.7 Å². The van der Waals surface area contributed by atoms with Gasteiger partial charge in [-0.2, -0.15) is 0 Å². The molecule has 1 atom stereocenters. The Hall–Kier alpha value is -0.860. The van der Waals surface area contributed by atoms with Crippen molar-refractivity contribution in [3.63, 3.8) is 0 Å². The summed E-state index contributed by atoms with van der Waals surface area (Å²) in [5.74, 6) is 0.662. The molecule has 0 spiro atoms. The SMILES string of the molecule is Cc1ccccc1C(O)CN(CC(C)C)C1CC1. The van der Waals surface area contributed by atoms with E-state index in [0.29, 0.717) is 12.0 Å². The Morgan fingerprint density at radius 2 is 1.89 bits per heavy atom. The van der Waals surface area contributed by atoms with Crippen molar-refractivity contribution in [3.05, 3.63) is 35.4 Å². The van der Waals surface area contributed by atoms with Gasteiger partial charge in [-0.3, -0.25) is 4.90 Å². The van der Waals surface area contributed by atoms with E-state index in [1.807, 2.05) is 18.2 Å². The van der Waals surface area contributed by atoms with Crippen LogP contribution in [-0.4, -0.2) is 29.1 Å². The van der Waals surface area contributed by atoms with Gasteiger partial charge in [0.15, 0.2) is 0 Å². The van der Waals surface area contributed by atoms with Crippen LogP contribution in [0.3, 0.4) is 0 Å². The number of aryl methyl sites for hydroxylation is 1. The Labute approximate surface area is 111 Å². The first-order valence-corrected chi connectivity index (χ1v) is 7.05. The summed E-state index contributed by atoms with van der Waals surface area (Å²) in [6, 6.07) is 8.86. The molecule has 0 aliphatic heterocycles. The number of nitrogens with zero attached hydrogens (tertiary/aromatic N) is 1. The first kappa shape index (κ1) is 13.6. The zero-order valence-electron chi connectivity index (χ0n) is 11.8. The molecule has 1 N–H and O–H groups in total. The molecule has 100 valence electrons. The Morgan fingerprint density at radius 1 is 1.22 bits per heavy atom. The Bertz CT molecular complexity index is 384. The molecular formula is C16H25NO. The van der Waals surface area contributed by atoms with E-state index in [1.54, 1.807) is 0 Å². The predicted octanol–water partition coefficient (Wildman–Crippen LogP) is 3.15. The molecular weight excluding hydrogens is 222 g/mol. The van der Waals surface area contributed by atoms with Crippen molar-refractivity contribution in [1.82, 2.24) is 4.90 Å². The van der Waals surface area contributed by atoms with Crippen LogP contribution in [0.4, 0.5) is 0 Å². The predicted molar refractivity (Wildman–Crippen MR) is 75.6 cm³/mol. The highest BCUT2D eigenvalue weighted by molar-refractivity contribution is 5.27. The molecule has 1 saturated carbocycles. The molecule has 1 unspecified atom stereocenters. The summed E-state index contributed by atoms with van der Waals surface area (Å²) in [4.78, 5) is 2.46. The highest BCUT2D eigenvalue weighted by Gasteiger charge is 2.30. The van der Waals surface area contributed by atoms with E-state index in [1.165, 1.54) is 18.4 Å². The van der Waals surface area contributed by atoms with E-state index >= 15 is 0 Å². The van der Waals surface area contributed by atoms with Gasteiger partial charge in [0.05, 0.1) is 6.10 Å². The zero-order chi connectivity index (χ0) is 13.1. The van der Waals surface area contributed by atoms with Crippen LogP contribution in [0.1, 0.15) is 43.9 Å². The smallest absolute Gasteiger partial charge is 0.0919 e. The van der Waals surface area contributed by atoms with Gasteiger partial charge < -0.3 is 5.11 Å². The van der Waals surface area contributed by atoms with Crippen molar-refractivity contribution in [2.24, 2.45) is 5.92 Å². The molecule has 0 aromatic heterocycles. The minimum Gasteiger partial charge on any atom is -0.387 e. The molecule has 1 aliphatic carbocycles. The fraction of sp³-hybridized carbons (Fsp3) is 0.625. The number of hydrogen-bond donors (Lipinski definition) is 1. The van der Waals surface area contributed by atoms with Gasteiger partial charge in [-0.25, -0.2) is 0 Å². The second kappa shape index (κ2) is 5.85. The monoisotopic (exact) mass is 247 g/mol. The molecule has 2 rings (SSSR count). The number of benzene rings is 1. The van der Waals surface area contributed by atoms with E-state index in [9.17, 15) is 5.11 Å². The van der Waals surface area contributed by atoms with Crippen molar-refractivity contribution in [2.45, 2.75) is 45.8 Å². The first-order chi connectivity index (χ1) is 8.58. The lowest BCUT2D eigenvalue weighted by atomic mass is 10.0. The maximum atomic E-state index is 10.4. The molecule has 1 aliphatic rings. The summed E-state index contributed by atoms with van der Waals surface area (Å²) in [6.45, 7) is 8.43. The molecule has 1 aromatic carbocycles. The summed E-state index contributed by atoms with van der Waals surface area (Å²) in [7, 11) is 0. The number of rotatable bonds is 6. The minimum absolute atomic E-state index is 0.356. The highest BCUT2D eigenvalue weighted by Crippen LogP contribution is 2.30. The Kier molecular flexibility index (Phi) is 4.41. The average molecular weight is 247 g/mol. The van der Waals surface area contributed by atoms with E-state index in [-0.39, 0.29) is 6.10 Å². The number of hydrogen-bond acceptors (Lipinski definition) is 2. The van der Waals surface area contributed by atoms with E-state index in [4.69, 9.17) is 0 Å². The Balaban J connectivity index is 2.00. The third kappa shape index (κ3) is 3.56. The molecule has 0 amide bonds. The van der Waals surface area contributed by atoms with Gasteiger partial charge in [0.25, 0.3) is 0 Å². The van der Waals surface area contributed by atoms with Gasteiger partial charge in [0, 0.05) is 19.1 Å². The van der Waals surface area contributed by atoms with Crippen molar-refractivity contribution >= 4 is 0 Å². The van der Waals surface area contributed by atoms with Crippen LogP contribution < -0.4 is 0 Å². The molecule has 0 heterocycles. The van der Waals surface area contributed by atoms with Crippen LogP contribution >= 0.6 is 0 Å². The summed E-state index contributed by atoms with van der Waals surface area (Å²) in [5.41, 5.74) is 2.26. The third-order valence-electron chi connectivity index (χ3n) is 3.62. The van der Waals surface area contributed by atoms with E-state index in [2.05, 4.69) is 31.7 Å². The topological polar surface area (TPSA) is 23.5 Å². The standard InChI is InChI=1S/C16H25NO/c1-12(2)10-17(14-8-9-14)11-16(18)15-7-5-4-6-13(15)3/h4-7,12,14,16,18H,8-11H2,1-3H3. The van der Waals surface area contributed by atoms with E-state index < -0.39 is 0 Å². The van der Waals surface area contributed by atoms with Crippen LogP contribution in [0, 0.1) is 12.8 Å². The van der Waals surface area contributed by atoms with Gasteiger partial charge in [-0.05, 0) is 36.8 Å². The largest absolute Gasteiger partial charge is 0.387 e. The lowest BCUT2D eigenvalue weighted by Gasteiger charge is -2.27. The van der Waals surface area contributed by atoms with Crippen molar-refractivity contribution in [1.29, 1.82) is 0 Å². The summed E-state index contributed by atoms with van der Waals surface area (Å²) >= 11 is 0. The highest BCUT2D eigenvalue weighted by atomic mass is 16.3. The minimum atomic E-state index is -0.356. The van der Waals surface area contributed by atoms with Gasteiger partial charge in [-0.15, -0.1) is 0 Å². The summed E-state index contributed by atoms with van der Waals surface area (Å²) < 4.78 is 0. The molecule has 1 fully saturated rings. The molecule has 18 heavy (non-hydrogen) atoms. The zero-order valence-corrected chi connectivity index (χ0v) is 11.8. The second-order valence-electron chi connectivity index (χ2n) is 5.95. The Morgan fingerprint density at radius 3 is 2.44 bits per heavy atom. The van der Waals surface area contributed by atoms with Crippen LogP contribution in [0.2, 0.25) is 0 Å². The van der Waals surface area contributed by atoms with Crippen molar-refractivity contribution in [2.75, 3.05) is 13.1 Å². The average Bonchev–Trinajstić information content (AvgIpc) is 3.11. The van der Waals surface area contributed by atoms with Gasteiger partial charge >= 0.3 is 0 Å². The third-order valence-corrected chi connectivity index (χ3v) is 3.62. The summed E-state index contributed by atoms with van der Waals surface area (Å²) in [5, 5.41) is 10.4. The number of aliphatic hydroxyl groups excluding tert-OH is 1. The first-order valence-electron chi connectivity index (χ1n) is 7.05. The lowest BCUT2D eigenvalue weighted by molar-refractivity contribution is 0.101. The van der Waals surface area contributed by atoms with Gasteiger partial charge in [0.1, 0.15) is 0 Å². The number of aliphatic hydroxyl groups is 1. The van der Waals surface area contributed by atoms with Crippen LogP contribution in [0.15, 0.2) is 24.3 Å². The molecule has 2 nitrogen and oxygen atoms in total. The molecule has 2 heteroatoms. The van der Waals surface area contributed by atoms with Crippen LogP contribution in [0.5, 0.6) is 0 Å². The van der Waals surface area contributed by atoms with Crippen LogP contribution in [-0.2, 0) is 0 Å². The maximum Gasteiger partial charge on any atom is 0.0919 e. The van der Waals surface area contributed by atoms with Gasteiger partial charge in [0.2, 0.25) is 0 Å². The molecule has 0 radical (unpaired) electrons. The lowest BCUT2D eigenvalue weighted by Crippen LogP contribution is -2.34. The molecule has 1 aromatic rings. The fourth-order valence-electron chi connectivity index (χ4n) is 2.56. The van der Waals surface area contributed by atoms with Crippen LogP contribution in [0.25, 0.3) is 0 Å². The van der Waals surface area contributed by atoms with Gasteiger partial charge in [-0.1, -0.05) is 38.1 Å². The normalized spacial score (nSPS) is 17.4.